The summed E-state index contributed by atoms with van der Waals surface area (Å²) in [6.45, 7) is 2.40. The van der Waals surface area contributed by atoms with Gasteiger partial charge in [0.1, 0.15) is 0 Å². The SMILES string of the molecule is NCCCCCCOCCCCc1cccc(S(=O)(=O)C2CCCC2)c1. The lowest BCUT2D eigenvalue weighted by atomic mass is 10.1. The molecule has 5 heteroatoms. The second-order valence-electron chi connectivity index (χ2n) is 7.37. The van der Waals surface area contributed by atoms with E-state index in [4.69, 9.17) is 10.5 Å². The molecule has 1 fully saturated rings. The molecule has 0 aliphatic heterocycles. The van der Waals surface area contributed by atoms with Crippen LogP contribution in [0.1, 0.15) is 69.8 Å². The number of ether oxygens (including phenoxy) is 1. The second-order valence-corrected chi connectivity index (χ2v) is 9.60. The first-order chi connectivity index (χ1) is 12.6. The maximum Gasteiger partial charge on any atom is 0.181 e. The summed E-state index contributed by atoms with van der Waals surface area (Å²) in [6, 6.07) is 7.55. The van der Waals surface area contributed by atoms with Gasteiger partial charge in [0.25, 0.3) is 0 Å². The molecule has 1 aliphatic carbocycles. The maximum absolute atomic E-state index is 12.7. The molecule has 26 heavy (non-hydrogen) atoms. The van der Waals surface area contributed by atoms with Crippen LogP contribution in [0.4, 0.5) is 0 Å². The van der Waals surface area contributed by atoms with Crippen LogP contribution in [0.25, 0.3) is 0 Å². The van der Waals surface area contributed by atoms with Gasteiger partial charge in [-0.05, 0) is 69.2 Å². The zero-order valence-corrected chi connectivity index (χ0v) is 16.8. The van der Waals surface area contributed by atoms with Gasteiger partial charge in [0.15, 0.2) is 9.84 Å². The summed E-state index contributed by atoms with van der Waals surface area (Å²) in [7, 11) is -3.15. The molecule has 148 valence electrons. The van der Waals surface area contributed by atoms with E-state index in [1.807, 2.05) is 18.2 Å². The lowest BCUT2D eigenvalue weighted by Crippen LogP contribution is -2.17. The molecule has 0 heterocycles. The van der Waals surface area contributed by atoms with Crippen molar-refractivity contribution in [3.63, 3.8) is 0 Å². The van der Waals surface area contributed by atoms with Crippen molar-refractivity contribution in [3.05, 3.63) is 29.8 Å². The van der Waals surface area contributed by atoms with Crippen LogP contribution in [-0.4, -0.2) is 33.4 Å². The topological polar surface area (TPSA) is 69.4 Å². The number of rotatable bonds is 13. The summed E-state index contributed by atoms with van der Waals surface area (Å²) < 4.78 is 31.1. The normalized spacial score (nSPS) is 15.6. The molecular weight excluding hydrogens is 346 g/mol. The summed E-state index contributed by atoms with van der Waals surface area (Å²) in [5, 5.41) is -0.170. The van der Waals surface area contributed by atoms with Crippen molar-refractivity contribution in [3.8, 4) is 0 Å². The zero-order valence-electron chi connectivity index (χ0n) is 16.0. The number of aryl methyl sites for hydroxylation is 1. The van der Waals surface area contributed by atoms with Crippen LogP contribution in [0.2, 0.25) is 0 Å². The monoisotopic (exact) mass is 381 g/mol. The predicted octanol–water partition coefficient (Wildman–Crippen LogP) is 4.26. The molecule has 1 aliphatic rings. The van der Waals surface area contributed by atoms with E-state index in [-0.39, 0.29) is 5.25 Å². The molecule has 4 nitrogen and oxygen atoms in total. The van der Waals surface area contributed by atoms with Gasteiger partial charge in [0.2, 0.25) is 0 Å². The Morgan fingerprint density at radius 2 is 1.65 bits per heavy atom. The van der Waals surface area contributed by atoms with E-state index < -0.39 is 9.84 Å². The lowest BCUT2D eigenvalue weighted by Gasteiger charge is -2.12. The predicted molar refractivity (Wildman–Crippen MR) is 107 cm³/mol. The van der Waals surface area contributed by atoms with Crippen molar-refractivity contribution in [1.29, 1.82) is 0 Å². The lowest BCUT2D eigenvalue weighted by molar-refractivity contribution is 0.126. The molecular formula is C21H35NO3S. The second kappa shape index (κ2) is 11.7. The number of hydrogen-bond acceptors (Lipinski definition) is 4. The Bertz CT molecular complexity index is 609. The summed E-state index contributed by atoms with van der Waals surface area (Å²) in [4.78, 5) is 0.510. The molecule has 0 aromatic heterocycles. The van der Waals surface area contributed by atoms with Crippen LogP contribution < -0.4 is 5.73 Å². The van der Waals surface area contributed by atoms with Gasteiger partial charge in [-0.2, -0.15) is 0 Å². The molecule has 0 unspecified atom stereocenters. The highest BCUT2D eigenvalue weighted by Gasteiger charge is 2.30. The average Bonchev–Trinajstić information content (AvgIpc) is 3.19. The fraction of sp³-hybridized carbons (Fsp3) is 0.714. The highest BCUT2D eigenvalue weighted by Crippen LogP contribution is 2.30. The summed E-state index contributed by atoms with van der Waals surface area (Å²) >= 11 is 0. The molecule has 0 atom stereocenters. The molecule has 1 aromatic rings. The van der Waals surface area contributed by atoms with Crippen LogP contribution in [-0.2, 0) is 21.0 Å². The van der Waals surface area contributed by atoms with Crippen molar-refractivity contribution in [2.75, 3.05) is 19.8 Å². The average molecular weight is 382 g/mol. The molecule has 2 N–H and O–H groups in total. The maximum atomic E-state index is 12.7. The van der Waals surface area contributed by atoms with Gasteiger partial charge in [-0.1, -0.05) is 37.8 Å². The Morgan fingerprint density at radius 3 is 2.38 bits per heavy atom. The zero-order chi connectivity index (χ0) is 18.7. The Balaban J connectivity index is 1.66. The Hall–Kier alpha value is -0.910. The molecule has 0 spiro atoms. The molecule has 0 saturated heterocycles. The molecule has 1 saturated carbocycles. The minimum atomic E-state index is -3.15. The smallest absolute Gasteiger partial charge is 0.181 e. The summed E-state index contributed by atoms with van der Waals surface area (Å²) in [5.41, 5.74) is 6.59. The molecule has 0 bridgehead atoms. The standard InChI is InChI=1S/C21H35NO3S/c22-15-6-1-2-7-16-25-17-8-5-10-19-11-9-14-21(18-19)26(23,24)20-12-3-4-13-20/h9,11,14,18,20H,1-8,10,12-13,15-17,22H2. The molecule has 0 amide bonds. The number of unbranched alkanes of at least 4 members (excludes halogenated alkanes) is 4. The minimum Gasteiger partial charge on any atom is -0.381 e. The van der Waals surface area contributed by atoms with Crippen molar-refractivity contribution in [2.24, 2.45) is 5.73 Å². The van der Waals surface area contributed by atoms with Crippen LogP contribution >= 0.6 is 0 Å². The highest BCUT2D eigenvalue weighted by atomic mass is 32.2. The van der Waals surface area contributed by atoms with Gasteiger partial charge in [0.05, 0.1) is 10.1 Å². The van der Waals surface area contributed by atoms with Crippen LogP contribution in [0, 0.1) is 0 Å². The van der Waals surface area contributed by atoms with E-state index in [0.717, 1.165) is 83.1 Å². The van der Waals surface area contributed by atoms with Gasteiger partial charge in [-0.15, -0.1) is 0 Å². The third-order valence-corrected chi connectivity index (χ3v) is 7.48. The minimum absolute atomic E-state index is 0.170. The Labute approximate surface area is 159 Å². The number of hydrogen-bond donors (Lipinski definition) is 1. The van der Waals surface area contributed by atoms with Gasteiger partial charge < -0.3 is 10.5 Å². The van der Waals surface area contributed by atoms with E-state index in [1.165, 1.54) is 12.8 Å². The number of nitrogens with two attached hydrogens (primary N) is 1. The fourth-order valence-electron chi connectivity index (χ4n) is 3.61. The van der Waals surface area contributed by atoms with Crippen LogP contribution in [0.15, 0.2) is 29.2 Å². The van der Waals surface area contributed by atoms with Gasteiger partial charge in [0, 0.05) is 13.2 Å². The van der Waals surface area contributed by atoms with E-state index in [9.17, 15) is 8.42 Å². The number of benzene rings is 1. The van der Waals surface area contributed by atoms with Gasteiger partial charge in [-0.3, -0.25) is 0 Å². The Kier molecular flexibility index (Phi) is 9.65. The first-order valence-corrected chi connectivity index (χ1v) is 11.8. The first-order valence-electron chi connectivity index (χ1n) is 10.3. The first kappa shape index (κ1) is 21.4. The highest BCUT2D eigenvalue weighted by molar-refractivity contribution is 7.92. The third-order valence-electron chi connectivity index (χ3n) is 5.21. The molecule has 2 rings (SSSR count). The van der Waals surface area contributed by atoms with E-state index in [2.05, 4.69) is 0 Å². The van der Waals surface area contributed by atoms with Crippen LogP contribution in [0.3, 0.4) is 0 Å². The van der Waals surface area contributed by atoms with Crippen LogP contribution in [0.5, 0.6) is 0 Å². The van der Waals surface area contributed by atoms with Crippen molar-refractivity contribution >= 4 is 9.84 Å². The summed E-state index contributed by atoms with van der Waals surface area (Å²) in [6.07, 6.45) is 11.3. The van der Waals surface area contributed by atoms with Gasteiger partial charge >= 0.3 is 0 Å². The Morgan fingerprint density at radius 1 is 0.962 bits per heavy atom. The van der Waals surface area contributed by atoms with E-state index >= 15 is 0 Å². The third kappa shape index (κ3) is 7.01. The van der Waals surface area contributed by atoms with Crippen molar-refractivity contribution < 1.29 is 13.2 Å². The number of sulfone groups is 1. The largest absolute Gasteiger partial charge is 0.381 e. The van der Waals surface area contributed by atoms with E-state index in [1.54, 1.807) is 6.07 Å². The summed E-state index contributed by atoms with van der Waals surface area (Å²) in [5.74, 6) is 0. The molecule has 0 radical (unpaired) electrons. The molecule has 1 aromatic carbocycles. The van der Waals surface area contributed by atoms with Crippen molar-refractivity contribution in [1.82, 2.24) is 0 Å². The van der Waals surface area contributed by atoms with Gasteiger partial charge in [-0.25, -0.2) is 8.42 Å². The fourth-order valence-corrected chi connectivity index (χ4v) is 5.53. The quantitative estimate of drug-likeness (QED) is 0.518. The van der Waals surface area contributed by atoms with E-state index in [0.29, 0.717) is 4.90 Å². The van der Waals surface area contributed by atoms with Crippen molar-refractivity contribution in [2.45, 2.75) is 80.8 Å².